The monoisotopic (exact) mass is 583 g/mol. The third-order valence-electron chi connectivity index (χ3n) is 7.56. The van der Waals surface area contributed by atoms with Gasteiger partial charge in [-0.25, -0.2) is 9.18 Å². The van der Waals surface area contributed by atoms with Crippen LogP contribution in [-0.4, -0.2) is 38.7 Å². The molecule has 0 aliphatic carbocycles. The molecule has 4 aromatic rings. The van der Waals surface area contributed by atoms with E-state index in [0.717, 1.165) is 27.9 Å². The summed E-state index contributed by atoms with van der Waals surface area (Å²) in [5.74, 6) is 0.465. The van der Waals surface area contributed by atoms with E-state index in [1.807, 2.05) is 39.0 Å². The summed E-state index contributed by atoms with van der Waals surface area (Å²) in [5.41, 5.74) is 4.96. The minimum Gasteiger partial charge on any atom is -0.497 e. The van der Waals surface area contributed by atoms with Crippen molar-refractivity contribution in [2.24, 2.45) is 0 Å². The molecule has 222 valence electrons. The summed E-state index contributed by atoms with van der Waals surface area (Å²) in [7, 11) is 4.85. The van der Waals surface area contributed by atoms with Gasteiger partial charge in [-0.3, -0.25) is 4.79 Å². The number of carbonyl (C=O) groups is 2. The van der Waals surface area contributed by atoms with E-state index < -0.39 is 11.5 Å². The lowest BCUT2D eigenvalue weighted by Gasteiger charge is -2.40. The average Bonchev–Trinajstić information content (AvgIpc) is 3.00. The number of halogens is 1. The van der Waals surface area contributed by atoms with Crippen molar-refractivity contribution in [3.63, 3.8) is 0 Å². The van der Waals surface area contributed by atoms with Crippen LogP contribution in [0.4, 0.5) is 21.5 Å². The van der Waals surface area contributed by atoms with Crippen LogP contribution in [0.2, 0.25) is 0 Å². The molecule has 4 aromatic carbocycles. The van der Waals surface area contributed by atoms with Gasteiger partial charge in [0.2, 0.25) is 0 Å². The molecule has 0 unspecified atom stereocenters. The fraction of sp³-hybridized carbons (Fsp3) is 0.235. The lowest BCUT2D eigenvalue weighted by molar-refractivity contribution is -0.121. The van der Waals surface area contributed by atoms with Crippen LogP contribution < -0.4 is 29.7 Å². The molecule has 0 atom stereocenters. The summed E-state index contributed by atoms with van der Waals surface area (Å²) in [6.45, 7) is 5.87. The van der Waals surface area contributed by atoms with Gasteiger partial charge in [-0.15, -0.1) is 0 Å². The van der Waals surface area contributed by atoms with Crippen molar-refractivity contribution in [2.75, 3.05) is 36.8 Å². The largest absolute Gasteiger partial charge is 0.497 e. The fourth-order valence-corrected chi connectivity index (χ4v) is 5.28. The lowest BCUT2D eigenvalue weighted by Crippen LogP contribution is -2.52. The third kappa shape index (κ3) is 5.83. The molecule has 9 heteroatoms. The van der Waals surface area contributed by atoms with Gasteiger partial charge in [0.15, 0.2) is 0 Å². The molecule has 0 saturated heterocycles. The highest BCUT2D eigenvalue weighted by molar-refractivity contribution is 6.09. The molecule has 0 bridgehead atoms. The van der Waals surface area contributed by atoms with Crippen LogP contribution in [0.15, 0.2) is 72.8 Å². The van der Waals surface area contributed by atoms with Crippen LogP contribution in [0.25, 0.3) is 11.1 Å². The van der Waals surface area contributed by atoms with Crippen LogP contribution in [0.1, 0.15) is 35.3 Å². The predicted molar refractivity (Wildman–Crippen MR) is 166 cm³/mol. The number of nitrogens with zero attached hydrogens (tertiary/aromatic N) is 1. The quantitative estimate of drug-likeness (QED) is 0.174. The number of carbonyl (C=O) groups excluding carboxylic acids is 2. The number of hydrogen-bond acceptors (Lipinski definition) is 7. The molecule has 43 heavy (non-hydrogen) atoms. The number of hydrogen-bond donors (Lipinski definition) is 2. The van der Waals surface area contributed by atoms with Crippen LogP contribution in [-0.2, 0) is 11.3 Å². The first-order valence-electron chi connectivity index (χ1n) is 13.8. The van der Waals surface area contributed by atoms with Crippen molar-refractivity contribution in [2.45, 2.75) is 32.9 Å². The summed E-state index contributed by atoms with van der Waals surface area (Å²) in [4.78, 5) is 27.8. The van der Waals surface area contributed by atoms with Gasteiger partial charge in [-0.1, -0.05) is 12.1 Å². The highest BCUT2D eigenvalue weighted by Crippen LogP contribution is 2.45. The Labute approximate surface area is 250 Å². The van der Waals surface area contributed by atoms with E-state index in [1.54, 1.807) is 68.6 Å². The van der Waals surface area contributed by atoms with Gasteiger partial charge in [0.05, 0.1) is 31.2 Å². The normalized spacial score (nSPS) is 13.6. The summed E-state index contributed by atoms with van der Waals surface area (Å²) in [5, 5.41) is 6.72. The second kappa shape index (κ2) is 11.7. The number of fused-ring (bicyclic) bond motifs is 1. The van der Waals surface area contributed by atoms with Gasteiger partial charge in [-0.2, -0.15) is 0 Å². The second-order valence-electron chi connectivity index (χ2n) is 10.9. The molecule has 1 heterocycles. The lowest BCUT2D eigenvalue weighted by atomic mass is 9.91. The molecule has 0 fully saturated rings. The van der Waals surface area contributed by atoms with Crippen LogP contribution in [0.5, 0.6) is 17.2 Å². The van der Waals surface area contributed by atoms with Crippen molar-refractivity contribution in [3.8, 4) is 28.4 Å². The molecule has 8 nitrogen and oxygen atoms in total. The number of aryl methyl sites for hydroxylation is 1. The standard InChI is InChI=1S/C34H34FN3O5/c1-20-7-10-22(35)17-29(20)36-19-27-25(15-16-28-31(27)38(4)33(40)34(2,3)37-28)26-14-13-24(18-30(26)42-6)43-32(39)21-8-11-23(41-5)12-9-21/h7-18,36-37H,19H2,1-6H3. The number of esters is 1. The van der Waals surface area contributed by atoms with E-state index in [1.165, 1.54) is 12.1 Å². The van der Waals surface area contributed by atoms with Gasteiger partial charge in [0.25, 0.3) is 5.91 Å². The zero-order valence-electron chi connectivity index (χ0n) is 25.0. The number of nitrogens with one attached hydrogen (secondary N) is 2. The number of rotatable bonds is 8. The molecule has 0 aromatic heterocycles. The van der Waals surface area contributed by atoms with Crippen molar-refractivity contribution >= 4 is 28.9 Å². The summed E-state index contributed by atoms with van der Waals surface area (Å²) in [6.07, 6.45) is 0. The first kappa shape index (κ1) is 29.4. The Morgan fingerprint density at radius 1 is 0.930 bits per heavy atom. The van der Waals surface area contributed by atoms with Gasteiger partial charge in [-0.05, 0) is 86.5 Å². The topological polar surface area (TPSA) is 89.1 Å². The fourth-order valence-electron chi connectivity index (χ4n) is 5.28. The van der Waals surface area contributed by atoms with E-state index in [9.17, 15) is 14.0 Å². The number of anilines is 3. The first-order valence-corrected chi connectivity index (χ1v) is 13.8. The minimum absolute atomic E-state index is 0.0897. The molecule has 0 saturated carbocycles. The van der Waals surface area contributed by atoms with Gasteiger partial charge in [0, 0.05) is 36.5 Å². The zero-order valence-corrected chi connectivity index (χ0v) is 25.0. The minimum atomic E-state index is -0.791. The smallest absolute Gasteiger partial charge is 0.343 e. The van der Waals surface area contributed by atoms with Crippen molar-refractivity contribution < 1.29 is 28.2 Å². The molecule has 0 radical (unpaired) electrons. The molecule has 2 N–H and O–H groups in total. The molecular weight excluding hydrogens is 549 g/mol. The number of ether oxygens (including phenoxy) is 3. The maximum atomic E-state index is 14.1. The maximum absolute atomic E-state index is 14.1. The SMILES string of the molecule is COc1ccc(C(=O)Oc2ccc(-c3ccc4c(c3CNc3cc(F)ccc3C)N(C)C(=O)C(C)(C)N4)c(OC)c2)cc1. The number of amides is 1. The number of likely N-dealkylation sites (N-methyl/N-ethyl adjacent to an activating group) is 1. The number of methoxy groups -OCH3 is 2. The molecule has 1 amide bonds. The van der Waals surface area contributed by atoms with E-state index in [0.29, 0.717) is 40.7 Å². The summed E-state index contributed by atoms with van der Waals surface area (Å²) >= 11 is 0. The molecule has 0 spiro atoms. The molecule has 1 aliphatic rings. The first-order chi connectivity index (χ1) is 20.5. The summed E-state index contributed by atoms with van der Waals surface area (Å²) in [6, 6.07) is 20.3. The predicted octanol–water partition coefficient (Wildman–Crippen LogP) is 6.82. The van der Waals surface area contributed by atoms with E-state index >= 15 is 0 Å². The van der Waals surface area contributed by atoms with Gasteiger partial charge in [0.1, 0.15) is 28.6 Å². The van der Waals surface area contributed by atoms with Crippen molar-refractivity contribution in [3.05, 3.63) is 95.3 Å². The molecule has 1 aliphatic heterocycles. The van der Waals surface area contributed by atoms with Crippen molar-refractivity contribution in [1.29, 1.82) is 0 Å². The Morgan fingerprint density at radius 3 is 2.33 bits per heavy atom. The highest BCUT2D eigenvalue weighted by Gasteiger charge is 2.38. The van der Waals surface area contributed by atoms with Gasteiger partial charge < -0.3 is 29.7 Å². The van der Waals surface area contributed by atoms with Gasteiger partial charge >= 0.3 is 5.97 Å². The Bertz CT molecular complexity index is 1700. The second-order valence-corrected chi connectivity index (χ2v) is 10.9. The maximum Gasteiger partial charge on any atom is 0.343 e. The van der Waals surface area contributed by atoms with Crippen LogP contribution in [0, 0.1) is 12.7 Å². The zero-order chi connectivity index (χ0) is 30.9. The van der Waals surface area contributed by atoms with E-state index in [-0.39, 0.29) is 11.7 Å². The highest BCUT2D eigenvalue weighted by atomic mass is 19.1. The average molecular weight is 584 g/mol. The molecular formula is C34H34FN3O5. The Morgan fingerprint density at radius 2 is 1.63 bits per heavy atom. The Hall–Kier alpha value is -5.05. The Balaban J connectivity index is 1.55. The van der Waals surface area contributed by atoms with E-state index in [2.05, 4.69) is 10.6 Å². The molecule has 5 rings (SSSR count). The third-order valence-corrected chi connectivity index (χ3v) is 7.56. The Kier molecular flexibility index (Phi) is 8.00. The number of benzene rings is 4. The summed E-state index contributed by atoms with van der Waals surface area (Å²) < 4.78 is 30.7. The van der Waals surface area contributed by atoms with E-state index in [4.69, 9.17) is 14.2 Å². The van der Waals surface area contributed by atoms with Crippen molar-refractivity contribution in [1.82, 2.24) is 0 Å². The van der Waals surface area contributed by atoms with Crippen LogP contribution >= 0.6 is 0 Å². The van der Waals surface area contributed by atoms with Crippen LogP contribution in [0.3, 0.4) is 0 Å².